The Balaban J connectivity index is 2.12. The average molecular weight is 217 g/mol. The Labute approximate surface area is 93.7 Å². The fourth-order valence-corrected chi connectivity index (χ4v) is 2.62. The molecule has 1 saturated carbocycles. The largest absolute Gasteiger partial charge is 0.393 e. The third kappa shape index (κ3) is 1.38. The van der Waals surface area contributed by atoms with Crippen LogP contribution in [0.5, 0.6) is 0 Å². The van der Waals surface area contributed by atoms with Crippen molar-refractivity contribution in [2.24, 2.45) is 0 Å². The molecule has 1 aromatic carbocycles. The Kier molecular flexibility index (Phi) is 2.11. The van der Waals surface area contributed by atoms with Gasteiger partial charge < -0.3 is 15.4 Å². The highest BCUT2D eigenvalue weighted by Crippen LogP contribution is 2.34. The summed E-state index contributed by atoms with van der Waals surface area (Å²) in [4.78, 5) is 4.34. The Bertz CT molecular complexity index is 520. The zero-order valence-electron chi connectivity index (χ0n) is 9.00. The van der Waals surface area contributed by atoms with Crippen LogP contribution >= 0.6 is 0 Å². The molecule has 1 aliphatic rings. The van der Waals surface area contributed by atoms with Crippen LogP contribution in [0.25, 0.3) is 11.0 Å². The number of para-hydroxylation sites is 2. The molecule has 0 aliphatic heterocycles. The molecule has 4 nitrogen and oxygen atoms in total. The first-order chi connectivity index (χ1) is 7.75. The number of aliphatic hydroxyl groups is 1. The van der Waals surface area contributed by atoms with Gasteiger partial charge in [0.2, 0.25) is 5.95 Å². The van der Waals surface area contributed by atoms with Gasteiger partial charge in [-0.3, -0.25) is 0 Å². The number of nitrogens with zero attached hydrogens (tertiary/aromatic N) is 2. The molecule has 1 heterocycles. The van der Waals surface area contributed by atoms with Crippen LogP contribution in [0.15, 0.2) is 24.3 Å². The van der Waals surface area contributed by atoms with Crippen molar-refractivity contribution in [3.63, 3.8) is 0 Å². The molecule has 1 aliphatic carbocycles. The fraction of sp³-hybridized carbons (Fsp3) is 0.417. The molecule has 0 saturated heterocycles. The van der Waals surface area contributed by atoms with Gasteiger partial charge in [0.25, 0.3) is 0 Å². The average Bonchev–Trinajstić information content (AvgIpc) is 2.80. The molecule has 0 amide bonds. The Hall–Kier alpha value is -1.55. The minimum absolute atomic E-state index is 0.189. The molecule has 84 valence electrons. The lowest BCUT2D eigenvalue weighted by molar-refractivity contribution is 0.178. The summed E-state index contributed by atoms with van der Waals surface area (Å²) in [7, 11) is 0. The predicted molar refractivity (Wildman–Crippen MR) is 63.0 cm³/mol. The van der Waals surface area contributed by atoms with Gasteiger partial charge in [-0.15, -0.1) is 0 Å². The van der Waals surface area contributed by atoms with E-state index in [9.17, 15) is 5.11 Å². The summed E-state index contributed by atoms with van der Waals surface area (Å²) in [6.45, 7) is 0. The van der Waals surface area contributed by atoms with E-state index >= 15 is 0 Å². The van der Waals surface area contributed by atoms with Crippen LogP contribution in [0.1, 0.15) is 25.3 Å². The lowest BCUT2D eigenvalue weighted by atomic mass is 10.2. The Morgan fingerprint density at radius 1 is 1.31 bits per heavy atom. The third-order valence-electron chi connectivity index (χ3n) is 3.37. The highest BCUT2D eigenvalue weighted by molar-refractivity contribution is 5.78. The molecular weight excluding hydrogens is 202 g/mol. The SMILES string of the molecule is Nc1nc2ccccc2n1[C@H]1CC[C@H](O)C1. The standard InChI is InChI=1S/C12H15N3O/c13-12-14-10-3-1-2-4-11(10)15(12)8-5-6-9(16)7-8/h1-4,8-9,16H,5-7H2,(H2,13,14)/t8-,9-/m0/s1. The number of nitrogen functional groups attached to an aromatic ring is 1. The van der Waals surface area contributed by atoms with Crippen molar-refractivity contribution in [2.75, 3.05) is 5.73 Å². The summed E-state index contributed by atoms with van der Waals surface area (Å²) in [5.74, 6) is 0.556. The van der Waals surface area contributed by atoms with E-state index in [2.05, 4.69) is 9.55 Å². The normalized spacial score (nSPS) is 25.3. The first kappa shape index (κ1) is 9.66. The molecule has 16 heavy (non-hydrogen) atoms. The Morgan fingerprint density at radius 3 is 2.88 bits per heavy atom. The molecule has 0 radical (unpaired) electrons. The van der Waals surface area contributed by atoms with Crippen LogP contribution in [0, 0.1) is 0 Å². The van der Waals surface area contributed by atoms with Crippen molar-refractivity contribution < 1.29 is 5.11 Å². The first-order valence-corrected chi connectivity index (χ1v) is 5.66. The molecule has 3 N–H and O–H groups in total. The number of imidazole rings is 1. The number of fused-ring (bicyclic) bond motifs is 1. The van der Waals surface area contributed by atoms with Gasteiger partial charge in [-0.05, 0) is 31.4 Å². The van der Waals surface area contributed by atoms with E-state index in [1.54, 1.807) is 0 Å². The minimum atomic E-state index is -0.189. The molecule has 1 fully saturated rings. The monoisotopic (exact) mass is 217 g/mol. The molecule has 2 aromatic rings. The molecule has 3 rings (SSSR count). The third-order valence-corrected chi connectivity index (χ3v) is 3.37. The van der Waals surface area contributed by atoms with Crippen molar-refractivity contribution in [1.29, 1.82) is 0 Å². The van der Waals surface area contributed by atoms with Crippen LogP contribution in [0.3, 0.4) is 0 Å². The predicted octanol–water partition coefficient (Wildman–Crippen LogP) is 1.70. The van der Waals surface area contributed by atoms with Gasteiger partial charge in [-0.2, -0.15) is 0 Å². The van der Waals surface area contributed by atoms with E-state index in [-0.39, 0.29) is 6.10 Å². The summed E-state index contributed by atoms with van der Waals surface area (Å²) >= 11 is 0. The van der Waals surface area contributed by atoms with Crippen molar-refractivity contribution in [3.8, 4) is 0 Å². The maximum Gasteiger partial charge on any atom is 0.201 e. The summed E-state index contributed by atoms with van der Waals surface area (Å²) in [6.07, 6.45) is 2.43. The summed E-state index contributed by atoms with van der Waals surface area (Å²) in [6, 6.07) is 8.24. The van der Waals surface area contributed by atoms with Crippen molar-refractivity contribution in [3.05, 3.63) is 24.3 Å². The molecule has 1 aromatic heterocycles. The molecule has 0 bridgehead atoms. The van der Waals surface area contributed by atoms with Gasteiger partial charge in [0, 0.05) is 6.04 Å². The van der Waals surface area contributed by atoms with Crippen molar-refractivity contribution in [2.45, 2.75) is 31.4 Å². The lowest BCUT2D eigenvalue weighted by Gasteiger charge is -2.14. The quantitative estimate of drug-likeness (QED) is 0.764. The Morgan fingerprint density at radius 2 is 2.12 bits per heavy atom. The number of aliphatic hydroxyl groups excluding tert-OH is 1. The number of nitrogens with two attached hydrogens (primary N) is 1. The second-order valence-corrected chi connectivity index (χ2v) is 4.45. The van der Waals surface area contributed by atoms with E-state index in [1.807, 2.05) is 24.3 Å². The minimum Gasteiger partial charge on any atom is -0.393 e. The maximum atomic E-state index is 9.59. The van der Waals surface area contributed by atoms with Crippen LogP contribution < -0.4 is 5.73 Å². The summed E-state index contributed by atoms with van der Waals surface area (Å²) < 4.78 is 2.06. The second kappa shape index (κ2) is 3.49. The first-order valence-electron chi connectivity index (χ1n) is 5.66. The molecule has 0 unspecified atom stereocenters. The topological polar surface area (TPSA) is 64.1 Å². The van der Waals surface area contributed by atoms with Crippen LogP contribution in [-0.2, 0) is 0 Å². The van der Waals surface area contributed by atoms with E-state index in [0.717, 1.165) is 30.3 Å². The number of anilines is 1. The van der Waals surface area contributed by atoms with E-state index in [4.69, 9.17) is 5.73 Å². The molecule has 0 spiro atoms. The van der Waals surface area contributed by atoms with Gasteiger partial charge in [0.05, 0.1) is 17.1 Å². The van der Waals surface area contributed by atoms with Gasteiger partial charge in [-0.1, -0.05) is 12.1 Å². The molecular formula is C12H15N3O. The van der Waals surface area contributed by atoms with Crippen molar-refractivity contribution in [1.82, 2.24) is 9.55 Å². The number of aromatic nitrogens is 2. The zero-order chi connectivity index (χ0) is 11.1. The number of hydrogen-bond acceptors (Lipinski definition) is 3. The van der Waals surface area contributed by atoms with Gasteiger partial charge in [0.15, 0.2) is 0 Å². The van der Waals surface area contributed by atoms with E-state index < -0.39 is 0 Å². The highest BCUT2D eigenvalue weighted by atomic mass is 16.3. The summed E-state index contributed by atoms with van der Waals surface area (Å²) in [5.41, 5.74) is 7.95. The number of benzene rings is 1. The number of rotatable bonds is 1. The van der Waals surface area contributed by atoms with Gasteiger partial charge in [0.1, 0.15) is 0 Å². The summed E-state index contributed by atoms with van der Waals surface area (Å²) in [5, 5.41) is 9.59. The zero-order valence-corrected chi connectivity index (χ0v) is 9.00. The van der Waals surface area contributed by atoms with E-state index in [0.29, 0.717) is 12.0 Å². The maximum absolute atomic E-state index is 9.59. The van der Waals surface area contributed by atoms with Crippen LogP contribution in [0.4, 0.5) is 5.95 Å². The highest BCUT2D eigenvalue weighted by Gasteiger charge is 2.26. The smallest absolute Gasteiger partial charge is 0.201 e. The number of hydrogen-bond donors (Lipinski definition) is 2. The van der Waals surface area contributed by atoms with Crippen molar-refractivity contribution >= 4 is 17.0 Å². The lowest BCUT2D eigenvalue weighted by Crippen LogP contribution is -2.10. The fourth-order valence-electron chi connectivity index (χ4n) is 2.62. The molecule has 4 heteroatoms. The van der Waals surface area contributed by atoms with Gasteiger partial charge >= 0.3 is 0 Å². The molecule has 2 atom stereocenters. The second-order valence-electron chi connectivity index (χ2n) is 4.45. The van der Waals surface area contributed by atoms with Crippen LogP contribution in [0.2, 0.25) is 0 Å². The van der Waals surface area contributed by atoms with Gasteiger partial charge in [-0.25, -0.2) is 4.98 Å². The van der Waals surface area contributed by atoms with E-state index in [1.165, 1.54) is 0 Å². The van der Waals surface area contributed by atoms with Crippen LogP contribution in [-0.4, -0.2) is 20.8 Å².